The summed E-state index contributed by atoms with van der Waals surface area (Å²) in [4.78, 5) is 24.7. The third kappa shape index (κ3) is 38.5. The minimum absolute atomic E-state index is 0.171. The van der Waals surface area contributed by atoms with Gasteiger partial charge in [-0.05, 0) is 35.3 Å². The summed E-state index contributed by atoms with van der Waals surface area (Å²) in [6.45, 7) is 4.06. The lowest BCUT2D eigenvalue weighted by molar-refractivity contribution is -0.161. The fourth-order valence-corrected chi connectivity index (χ4v) is 6.75. The van der Waals surface area contributed by atoms with Gasteiger partial charge in [0.15, 0.2) is 6.10 Å². The summed E-state index contributed by atoms with van der Waals surface area (Å²) in [6.07, 6.45) is 33.7. The SMILES string of the molecule is CCCCCCCCCCCCCCCCCC(=O)OC[C@@H](COP(=O)(Cl)Cl)OC(=O)CCCCCCCCCCCCCCCCC. The van der Waals surface area contributed by atoms with Crippen molar-refractivity contribution in [2.75, 3.05) is 13.2 Å². The van der Waals surface area contributed by atoms with Crippen molar-refractivity contribution in [3.63, 3.8) is 0 Å². The molecule has 0 unspecified atom stereocenters. The van der Waals surface area contributed by atoms with Gasteiger partial charge in [-0.3, -0.25) is 14.2 Å². The van der Waals surface area contributed by atoms with Gasteiger partial charge in [-0.25, -0.2) is 0 Å². The predicted octanol–water partition coefficient (Wildman–Crippen LogP) is 14.6. The van der Waals surface area contributed by atoms with Crippen LogP contribution in [0.1, 0.15) is 219 Å². The van der Waals surface area contributed by atoms with Crippen molar-refractivity contribution >= 4 is 40.5 Å². The molecule has 0 radical (unpaired) electrons. The van der Waals surface area contributed by atoms with Crippen LogP contribution in [-0.2, 0) is 28.2 Å². The van der Waals surface area contributed by atoms with Gasteiger partial charge in [-0.1, -0.05) is 194 Å². The number of ether oxygens (including phenoxy) is 2. The van der Waals surface area contributed by atoms with E-state index in [1.165, 1.54) is 154 Å². The molecule has 0 heterocycles. The number of carbonyl (C=O) groups is 2. The molecule has 286 valence electrons. The first kappa shape index (κ1) is 47.7. The van der Waals surface area contributed by atoms with Gasteiger partial charge in [0, 0.05) is 12.8 Å². The molecule has 0 saturated carbocycles. The number of hydrogen-bond donors (Lipinski definition) is 0. The first-order valence-electron chi connectivity index (χ1n) is 20.3. The zero-order valence-corrected chi connectivity index (χ0v) is 33.7. The lowest BCUT2D eigenvalue weighted by atomic mass is 10.0. The zero-order chi connectivity index (χ0) is 35.4. The molecule has 0 saturated heterocycles. The largest absolute Gasteiger partial charge is 0.462 e. The molecule has 0 bridgehead atoms. The third-order valence-electron chi connectivity index (χ3n) is 9.11. The Morgan fingerprint density at radius 3 is 1.06 bits per heavy atom. The van der Waals surface area contributed by atoms with Gasteiger partial charge in [0.2, 0.25) is 0 Å². The maximum Gasteiger partial charge on any atom is 0.380 e. The highest BCUT2D eigenvalue weighted by atomic mass is 35.9. The summed E-state index contributed by atoms with van der Waals surface area (Å²) in [7, 11) is 0. The summed E-state index contributed by atoms with van der Waals surface area (Å²) in [5.74, 6) is -0.733. The third-order valence-corrected chi connectivity index (χ3v) is 10.1. The van der Waals surface area contributed by atoms with Crippen LogP contribution in [0.15, 0.2) is 0 Å². The van der Waals surface area contributed by atoms with Crippen molar-refractivity contribution in [1.29, 1.82) is 0 Å². The van der Waals surface area contributed by atoms with Gasteiger partial charge in [0.25, 0.3) is 0 Å². The van der Waals surface area contributed by atoms with Crippen LogP contribution in [0.2, 0.25) is 0 Å². The fraction of sp³-hybridized carbons (Fsp3) is 0.949. The van der Waals surface area contributed by atoms with E-state index in [1.54, 1.807) is 0 Å². The van der Waals surface area contributed by atoms with Crippen molar-refractivity contribution < 1.29 is 28.2 Å². The minimum atomic E-state index is -3.80. The smallest absolute Gasteiger partial charge is 0.380 e. The van der Waals surface area contributed by atoms with Crippen LogP contribution in [0.5, 0.6) is 0 Å². The maximum atomic E-state index is 12.4. The Hall–Kier alpha value is -0.290. The number of halogens is 2. The highest BCUT2D eigenvalue weighted by Gasteiger charge is 2.23. The number of rotatable bonds is 38. The Kier molecular flexibility index (Phi) is 36.3. The van der Waals surface area contributed by atoms with E-state index in [0.717, 1.165) is 38.5 Å². The van der Waals surface area contributed by atoms with Crippen LogP contribution in [0.25, 0.3) is 0 Å². The Morgan fingerprint density at radius 2 is 0.750 bits per heavy atom. The summed E-state index contributed by atoms with van der Waals surface area (Å²) >= 11 is 11.0. The first-order valence-corrected chi connectivity index (χ1v) is 23.7. The van der Waals surface area contributed by atoms with E-state index in [4.69, 9.17) is 36.5 Å². The van der Waals surface area contributed by atoms with E-state index >= 15 is 0 Å². The van der Waals surface area contributed by atoms with Gasteiger partial charge in [0.1, 0.15) is 6.61 Å². The summed E-state index contributed by atoms with van der Waals surface area (Å²) < 4.78 is 27.4. The second-order valence-corrected chi connectivity index (χ2v) is 18.2. The average Bonchev–Trinajstić information content (AvgIpc) is 3.05. The molecule has 0 aliphatic carbocycles. The molecular weight excluding hydrogens is 666 g/mol. The quantitative estimate of drug-likeness (QED) is 0.0356. The molecule has 0 aromatic carbocycles. The molecule has 0 spiro atoms. The molecule has 0 aliphatic heterocycles. The number of carbonyl (C=O) groups excluding carboxylic acids is 2. The molecule has 1 atom stereocenters. The Labute approximate surface area is 306 Å². The molecule has 6 nitrogen and oxygen atoms in total. The molecular formula is C39H75Cl2O6P. The lowest BCUT2D eigenvalue weighted by Gasteiger charge is -2.18. The van der Waals surface area contributed by atoms with Crippen LogP contribution in [0, 0.1) is 0 Å². The molecule has 48 heavy (non-hydrogen) atoms. The van der Waals surface area contributed by atoms with Gasteiger partial charge < -0.3 is 14.0 Å². The van der Waals surface area contributed by atoms with E-state index in [-0.39, 0.29) is 25.6 Å². The van der Waals surface area contributed by atoms with Gasteiger partial charge >= 0.3 is 18.0 Å². The van der Waals surface area contributed by atoms with Crippen LogP contribution in [-0.4, -0.2) is 31.3 Å². The number of hydrogen-bond acceptors (Lipinski definition) is 6. The van der Waals surface area contributed by atoms with Crippen LogP contribution < -0.4 is 0 Å². The second-order valence-electron chi connectivity index (χ2n) is 13.9. The fourth-order valence-electron chi connectivity index (χ4n) is 6.07. The van der Waals surface area contributed by atoms with Crippen molar-refractivity contribution in [2.24, 2.45) is 0 Å². The molecule has 0 fully saturated rings. The first-order chi connectivity index (χ1) is 23.3. The van der Waals surface area contributed by atoms with E-state index in [9.17, 15) is 14.2 Å². The normalized spacial score (nSPS) is 12.3. The number of esters is 2. The standard InChI is InChI=1S/C39H75Cl2O6P/c1-3-5-7-9-11-13-15-17-19-21-23-25-27-29-31-33-38(42)45-35-37(36-46-48(40,41)44)47-39(43)34-32-30-28-26-24-22-20-18-16-14-12-10-8-6-4-2/h37H,3-36H2,1-2H3/t37-/m0/s1. The number of unbranched alkanes of at least 4 members (excludes halogenated alkanes) is 28. The Bertz CT molecular complexity index is 763. The van der Waals surface area contributed by atoms with Crippen molar-refractivity contribution in [3.8, 4) is 0 Å². The average molecular weight is 742 g/mol. The molecule has 0 rings (SSSR count). The van der Waals surface area contributed by atoms with Gasteiger partial charge in [-0.2, -0.15) is 0 Å². The lowest BCUT2D eigenvalue weighted by Crippen LogP contribution is -2.29. The maximum absolute atomic E-state index is 12.4. The second kappa shape index (κ2) is 36.5. The molecule has 0 aliphatic rings. The molecule has 0 N–H and O–H groups in total. The summed E-state index contributed by atoms with van der Waals surface area (Å²) in [5.41, 5.74) is 0. The van der Waals surface area contributed by atoms with E-state index in [0.29, 0.717) is 6.42 Å². The van der Waals surface area contributed by atoms with E-state index in [1.807, 2.05) is 0 Å². The van der Waals surface area contributed by atoms with Crippen molar-refractivity contribution in [1.82, 2.24) is 0 Å². The molecule has 0 amide bonds. The highest BCUT2D eigenvalue weighted by molar-refractivity contribution is 8.05. The molecule has 0 aromatic rings. The summed E-state index contributed by atoms with van der Waals surface area (Å²) in [6, 6.07) is 0. The minimum Gasteiger partial charge on any atom is -0.462 e. The zero-order valence-electron chi connectivity index (χ0n) is 31.3. The van der Waals surface area contributed by atoms with Gasteiger partial charge in [0.05, 0.1) is 6.61 Å². The molecule has 9 heteroatoms. The van der Waals surface area contributed by atoms with Crippen LogP contribution >= 0.6 is 28.6 Å². The van der Waals surface area contributed by atoms with Crippen molar-refractivity contribution in [3.05, 3.63) is 0 Å². The van der Waals surface area contributed by atoms with E-state index in [2.05, 4.69) is 13.8 Å². The van der Waals surface area contributed by atoms with Crippen molar-refractivity contribution in [2.45, 2.75) is 225 Å². The van der Waals surface area contributed by atoms with Crippen LogP contribution in [0.3, 0.4) is 0 Å². The molecule has 0 aromatic heterocycles. The topological polar surface area (TPSA) is 78.9 Å². The monoisotopic (exact) mass is 740 g/mol. The van der Waals surface area contributed by atoms with Gasteiger partial charge in [-0.15, -0.1) is 0 Å². The highest BCUT2D eigenvalue weighted by Crippen LogP contribution is 2.57. The Balaban J connectivity index is 3.88. The predicted molar refractivity (Wildman–Crippen MR) is 205 cm³/mol. The summed E-state index contributed by atoms with van der Waals surface area (Å²) in [5, 5.41) is 0. The Morgan fingerprint density at radius 1 is 0.458 bits per heavy atom. The van der Waals surface area contributed by atoms with E-state index < -0.39 is 18.1 Å². The van der Waals surface area contributed by atoms with Crippen LogP contribution in [0.4, 0.5) is 0 Å².